The maximum atomic E-state index is 13.5. The summed E-state index contributed by atoms with van der Waals surface area (Å²) in [6.45, 7) is 0. The van der Waals surface area contributed by atoms with Crippen molar-refractivity contribution in [3.8, 4) is 11.1 Å². The van der Waals surface area contributed by atoms with Gasteiger partial charge in [0.05, 0.1) is 11.1 Å². The highest BCUT2D eigenvalue weighted by Gasteiger charge is 2.19. The van der Waals surface area contributed by atoms with Crippen molar-refractivity contribution in [3.63, 3.8) is 0 Å². The molecule has 0 spiro atoms. The van der Waals surface area contributed by atoms with E-state index in [1.165, 1.54) is 17.1 Å². The smallest absolute Gasteiger partial charge is 0.275 e. The van der Waals surface area contributed by atoms with Crippen molar-refractivity contribution in [1.29, 1.82) is 0 Å². The second kappa shape index (κ2) is 3.93. The maximum Gasteiger partial charge on any atom is 0.305 e. The zero-order valence-corrected chi connectivity index (χ0v) is 8.72. The molecule has 0 atom stereocenters. The molecule has 0 aliphatic carbocycles. The van der Waals surface area contributed by atoms with E-state index in [1.54, 1.807) is 7.05 Å². The normalized spacial score (nSPS) is 10.5. The Bertz CT molecular complexity index is 595. The number of aromatic nitrogens is 2. The molecule has 0 unspecified atom stereocenters. The van der Waals surface area contributed by atoms with Crippen molar-refractivity contribution < 1.29 is 13.7 Å². The Balaban J connectivity index is 2.62. The molecule has 88 valence electrons. The lowest BCUT2D eigenvalue weighted by Gasteiger charge is -2.01. The average Bonchev–Trinajstić information content (AvgIpc) is 2.64. The highest BCUT2D eigenvalue weighted by Crippen LogP contribution is 2.28. The van der Waals surface area contributed by atoms with E-state index in [0.717, 1.165) is 6.07 Å². The molecule has 0 N–H and O–H groups in total. The minimum Gasteiger partial charge on any atom is -0.275 e. The Labute approximate surface area is 94.4 Å². The predicted molar refractivity (Wildman–Crippen MR) is 55.2 cm³/mol. The van der Waals surface area contributed by atoms with Gasteiger partial charge in [-0.2, -0.15) is 9.49 Å². The van der Waals surface area contributed by atoms with Gasteiger partial charge in [-0.15, -0.1) is 0 Å². The quantitative estimate of drug-likeness (QED) is 0.596. The van der Waals surface area contributed by atoms with E-state index in [2.05, 4.69) is 5.10 Å². The van der Waals surface area contributed by atoms with Crippen LogP contribution in [0.25, 0.3) is 11.1 Å². The summed E-state index contributed by atoms with van der Waals surface area (Å²) in [6.07, 6.45) is 2.83. The van der Waals surface area contributed by atoms with Crippen LogP contribution >= 0.6 is 0 Å². The van der Waals surface area contributed by atoms with E-state index in [-0.39, 0.29) is 5.56 Å². The van der Waals surface area contributed by atoms with E-state index in [9.17, 15) is 18.9 Å². The van der Waals surface area contributed by atoms with Crippen molar-refractivity contribution in [2.45, 2.75) is 0 Å². The number of aryl methyl sites for hydroxylation is 1. The number of nitro groups is 1. The first kappa shape index (κ1) is 11.2. The van der Waals surface area contributed by atoms with Gasteiger partial charge in [0.2, 0.25) is 5.82 Å². The molecule has 0 saturated heterocycles. The Morgan fingerprint density at radius 1 is 1.35 bits per heavy atom. The summed E-state index contributed by atoms with van der Waals surface area (Å²) in [7, 11) is 1.62. The van der Waals surface area contributed by atoms with Gasteiger partial charge in [-0.3, -0.25) is 14.8 Å². The van der Waals surface area contributed by atoms with Crippen LogP contribution in [-0.4, -0.2) is 14.7 Å². The molecule has 7 heteroatoms. The molecule has 5 nitrogen and oxygen atoms in total. The van der Waals surface area contributed by atoms with E-state index in [0.29, 0.717) is 11.6 Å². The van der Waals surface area contributed by atoms with E-state index in [4.69, 9.17) is 0 Å². The molecule has 0 radical (unpaired) electrons. The number of hydrogen-bond donors (Lipinski definition) is 0. The SMILES string of the molecule is Cn1cc(-c2cc([N+](=O)[O-])c(F)cc2F)cn1. The van der Waals surface area contributed by atoms with Crippen molar-refractivity contribution in [3.05, 3.63) is 46.3 Å². The highest BCUT2D eigenvalue weighted by atomic mass is 19.1. The summed E-state index contributed by atoms with van der Waals surface area (Å²) in [5.41, 5.74) is -0.454. The van der Waals surface area contributed by atoms with Crippen LogP contribution in [0.15, 0.2) is 24.5 Å². The molecular formula is C10H7F2N3O2. The first-order valence-electron chi connectivity index (χ1n) is 4.61. The molecule has 0 fully saturated rings. The van der Waals surface area contributed by atoms with Crippen LogP contribution in [0, 0.1) is 21.7 Å². The van der Waals surface area contributed by atoms with Gasteiger partial charge >= 0.3 is 5.69 Å². The fourth-order valence-corrected chi connectivity index (χ4v) is 1.46. The lowest BCUT2D eigenvalue weighted by Crippen LogP contribution is -1.95. The average molecular weight is 239 g/mol. The molecule has 0 bridgehead atoms. The van der Waals surface area contributed by atoms with Crippen LogP contribution in [-0.2, 0) is 7.05 Å². The topological polar surface area (TPSA) is 61.0 Å². The molecule has 0 amide bonds. The number of rotatable bonds is 2. The third-order valence-corrected chi connectivity index (χ3v) is 2.25. The lowest BCUT2D eigenvalue weighted by atomic mass is 10.1. The molecule has 0 aliphatic heterocycles. The summed E-state index contributed by atoms with van der Waals surface area (Å²) < 4.78 is 28.0. The summed E-state index contributed by atoms with van der Waals surface area (Å²) in [4.78, 5) is 9.65. The van der Waals surface area contributed by atoms with E-state index in [1.807, 2.05) is 0 Å². The number of benzene rings is 1. The first-order valence-corrected chi connectivity index (χ1v) is 4.61. The van der Waals surface area contributed by atoms with Crippen LogP contribution in [0.4, 0.5) is 14.5 Å². The molecule has 2 rings (SSSR count). The maximum absolute atomic E-state index is 13.5. The second-order valence-electron chi connectivity index (χ2n) is 3.44. The third-order valence-electron chi connectivity index (χ3n) is 2.25. The Hall–Kier alpha value is -2.31. The molecule has 1 aromatic heterocycles. The van der Waals surface area contributed by atoms with Crippen molar-refractivity contribution in [2.75, 3.05) is 0 Å². The molecule has 17 heavy (non-hydrogen) atoms. The van der Waals surface area contributed by atoms with Gasteiger partial charge in [-0.25, -0.2) is 4.39 Å². The van der Waals surface area contributed by atoms with Crippen molar-refractivity contribution in [1.82, 2.24) is 9.78 Å². The summed E-state index contributed by atoms with van der Waals surface area (Å²) >= 11 is 0. The van der Waals surface area contributed by atoms with E-state index < -0.39 is 22.2 Å². The first-order chi connectivity index (χ1) is 7.99. The third kappa shape index (κ3) is 1.99. The standard InChI is InChI=1S/C10H7F2N3O2/c1-14-5-6(4-13-14)7-2-10(15(16)17)9(12)3-8(7)11/h2-5H,1H3. The predicted octanol–water partition coefficient (Wildman–Crippen LogP) is 2.27. The number of nitro benzene ring substituents is 1. The molecular weight excluding hydrogens is 232 g/mol. The lowest BCUT2D eigenvalue weighted by molar-refractivity contribution is -0.387. The number of hydrogen-bond acceptors (Lipinski definition) is 3. The largest absolute Gasteiger partial charge is 0.305 e. The summed E-state index contributed by atoms with van der Waals surface area (Å²) in [5.74, 6) is -2.05. The Kier molecular flexibility index (Phi) is 2.58. The second-order valence-corrected chi connectivity index (χ2v) is 3.44. The molecule has 1 heterocycles. The summed E-state index contributed by atoms with van der Waals surface area (Å²) in [5, 5.41) is 14.4. The fraction of sp³-hybridized carbons (Fsp3) is 0.100. The fourth-order valence-electron chi connectivity index (χ4n) is 1.46. The number of nitrogens with zero attached hydrogens (tertiary/aromatic N) is 3. The molecule has 1 aromatic carbocycles. The number of halogens is 2. The van der Waals surface area contributed by atoms with Gasteiger partial charge in [0.25, 0.3) is 0 Å². The van der Waals surface area contributed by atoms with Gasteiger partial charge in [0.1, 0.15) is 5.82 Å². The van der Waals surface area contributed by atoms with Crippen LogP contribution in [0.1, 0.15) is 0 Å². The monoisotopic (exact) mass is 239 g/mol. The zero-order valence-electron chi connectivity index (χ0n) is 8.72. The Morgan fingerprint density at radius 3 is 2.59 bits per heavy atom. The van der Waals surface area contributed by atoms with Gasteiger partial charge in [-0.1, -0.05) is 0 Å². The van der Waals surface area contributed by atoms with Gasteiger partial charge in [0, 0.05) is 36.5 Å². The van der Waals surface area contributed by atoms with Gasteiger partial charge in [0.15, 0.2) is 0 Å². The van der Waals surface area contributed by atoms with Gasteiger partial charge < -0.3 is 0 Å². The molecule has 0 aliphatic rings. The minimum absolute atomic E-state index is 0.0498. The van der Waals surface area contributed by atoms with Crippen LogP contribution in [0.5, 0.6) is 0 Å². The van der Waals surface area contributed by atoms with Crippen LogP contribution in [0.2, 0.25) is 0 Å². The minimum atomic E-state index is -1.19. The zero-order chi connectivity index (χ0) is 12.6. The van der Waals surface area contributed by atoms with Crippen LogP contribution < -0.4 is 0 Å². The van der Waals surface area contributed by atoms with Crippen molar-refractivity contribution >= 4 is 5.69 Å². The summed E-state index contributed by atoms with van der Waals surface area (Å²) in [6, 6.07) is 1.36. The van der Waals surface area contributed by atoms with E-state index >= 15 is 0 Å². The molecule has 2 aromatic rings. The highest BCUT2D eigenvalue weighted by molar-refractivity contribution is 5.65. The van der Waals surface area contributed by atoms with Crippen LogP contribution in [0.3, 0.4) is 0 Å². The Morgan fingerprint density at radius 2 is 2.06 bits per heavy atom. The van der Waals surface area contributed by atoms with Gasteiger partial charge in [-0.05, 0) is 0 Å². The van der Waals surface area contributed by atoms with Crippen molar-refractivity contribution in [2.24, 2.45) is 7.05 Å². The molecule has 0 saturated carbocycles.